The summed E-state index contributed by atoms with van der Waals surface area (Å²) in [5.41, 5.74) is 7.59. The predicted octanol–water partition coefficient (Wildman–Crippen LogP) is 2.63. The fourth-order valence-corrected chi connectivity index (χ4v) is 2.90. The molecule has 1 aliphatic rings. The number of nitrogens with two attached hydrogens (primary N) is 1. The second-order valence-corrected chi connectivity index (χ2v) is 5.51. The molecule has 4 atom stereocenters. The van der Waals surface area contributed by atoms with E-state index in [1.54, 1.807) is 0 Å². The van der Waals surface area contributed by atoms with E-state index in [1.807, 2.05) is 0 Å². The third-order valence-electron chi connectivity index (χ3n) is 4.35. The van der Waals surface area contributed by atoms with E-state index in [9.17, 15) is 0 Å². The van der Waals surface area contributed by atoms with Crippen LogP contribution in [0.3, 0.4) is 0 Å². The Morgan fingerprint density at radius 3 is 2.47 bits per heavy atom. The Morgan fingerprint density at radius 1 is 1.18 bits per heavy atom. The highest BCUT2D eigenvalue weighted by Gasteiger charge is 2.34. The molecule has 1 aliphatic heterocycles. The topological polar surface area (TPSA) is 29.3 Å². The molecule has 2 rings (SSSR count). The molecule has 1 aromatic carbocycles. The highest BCUT2D eigenvalue weighted by Crippen LogP contribution is 2.28. The molecular formula is C15H24N2. The van der Waals surface area contributed by atoms with E-state index >= 15 is 0 Å². The van der Waals surface area contributed by atoms with Gasteiger partial charge in [0.2, 0.25) is 0 Å². The molecule has 0 bridgehead atoms. The smallest absolute Gasteiger partial charge is 0.0239 e. The third-order valence-corrected chi connectivity index (χ3v) is 4.35. The van der Waals surface area contributed by atoms with Gasteiger partial charge in [-0.1, -0.05) is 37.3 Å². The highest BCUT2D eigenvalue weighted by atomic mass is 15.2. The second kappa shape index (κ2) is 5.19. The van der Waals surface area contributed by atoms with Crippen molar-refractivity contribution in [1.82, 2.24) is 4.90 Å². The number of piperidine rings is 1. The first-order valence-electron chi connectivity index (χ1n) is 6.65. The number of hydrogen-bond acceptors (Lipinski definition) is 2. The van der Waals surface area contributed by atoms with Crippen molar-refractivity contribution in [3.8, 4) is 0 Å². The summed E-state index contributed by atoms with van der Waals surface area (Å²) in [5, 5.41) is 0. The van der Waals surface area contributed by atoms with E-state index in [4.69, 9.17) is 5.73 Å². The quantitative estimate of drug-likeness (QED) is 0.849. The van der Waals surface area contributed by atoms with Crippen LogP contribution in [0.4, 0.5) is 0 Å². The lowest BCUT2D eigenvalue weighted by molar-refractivity contribution is 0.0439. The maximum absolute atomic E-state index is 6.19. The average molecular weight is 232 g/mol. The van der Waals surface area contributed by atoms with Gasteiger partial charge >= 0.3 is 0 Å². The fraction of sp³-hybridized carbons (Fsp3) is 0.600. The van der Waals surface area contributed by atoms with Crippen molar-refractivity contribution in [3.05, 3.63) is 35.9 Å². The fourth-order valence-electron chi connectivity index (χ4n) is 2.90. The first kappa shape index (κ1) is 12.6. The average Bonchev–Trinajstić information content (AvgIpc) is 2.33. The molecule has 17 heavy (non-hydrogen) atoms. The first-order chi connectivity index (χ1) is 8.09. The first-order valence-corrected chi connectivity index (χ1v) is 6.65. The van der Waals surface area contributed by atoms with Crippen LogP contribution >= 0.6 is 0 Å². The minimum atomic E-state index is 0.354. The summed E-state index contributed by atoms with van der Waals surface area (Å²) in [6.45, 7) is 7.92. The lowest BCUT2D eigenvalue weighted by Crippen LogP contribution is -2.55. The van der Waals surface area contributed by atoms with Gasteiger partial charge in [0.05, 0.1) is 0 Å². The van der Waals surface area contributed by atoms with Gasteiger partial charge in [-0.15, -0.1) is 0 Å². The Morgan fingerprint density at radius 2 is 1.82 bits per heavy atom. The molecule has 94 valence electrons. The molecule has 0 aromatic heterocycles. The Kier molecular flexibility index (Phi) is 3.85. The van der Waals surface area contributed by atoms with Crippen LogP contribution in [0.2, 0.25) is 0 Å². The second-order valence-electron chi connectivity index (χ2n) is 5.51. The lowest BCUT2D eigenvalue weighted by atomic mass is 9.84. The number of benzene rings is 1. The van der Waals surface area contributed by atoms with Crippen molar-refractivity contribution in [2.45, 2.75) is 51.9 Å². The minimum absolute atomic E-state index is 0.354. The van der Waals surface area contributed by atoms with Crippen LogP contribution in [-0.2, 0) is 6.54 Å². The molecule has 1 fully saturated rings. The third kappa shape index (κ3) is 2.70. The Bertz CT molecular complexity index is 349. The summed E-state index contributed by atoms with van der Waals surface area (Å²) < 4.78 is 0. The van der Waals surface area contributed by atoms with Gasteiger partial charge in [-0.2, -0.15) is 0 Å². The summed E-state index contributed by atoms with van der Waals surface area (Å²) in [6, 6.07) is 12.2. The SMILES string of the molecule is C[C@@H]1[C@H](N)C[C@H](C)N(Cc2ccccc2)[C@@H]1C. The molecule has 0 spiro atoms. The summed E-state index contributed by atoms with van der Waals surface area (Å²) in [4.78, 5) is 2.59. The molecule has 1 heterocycles. The number of rotatable bonds is 2. The normalized spacial score (nSPS) is 34.8. The molecule has 1 aromatic rings. The summed E-state index contributed by atoms with van der Waals surface area (Å²) in [7, 11) is 0. The lowest BCUT2D eigenvalue weighted by Gasteiger charge is -2.45. The van der Waals surface area contributed by atoms with Crippen molar-refractivity contribution in [1.29, 1.82) is 0 Å². The standard InChI is InChI=1S/C15H24N2/c1-11-9-15(16)12(2)13(3)17(11)10-14-7-5-4-6-8-14/h4-8,11-13,15H,9-10,16H2,1-3H3/t11-,12-,13+,15+/m0/s1. The molecule has 0 unspecified atom stereocenters. The molecule has 0 amide bonds. The van der Waals surface area contributed by atoms with Crippen molar-refractivity contribution in [3.63, 3.8) is 0 Å². The maximum Gasteiger partial charge on any atom is 0.0239 e. The monoisotopic (exact) mass is 232 g/mol. The predicted molar refractivity (Wildman–Crippen MR) is 72.7 cm³/mol. The summed E-state index contributed by atoms with van der Waals surface area (Å²) >= 11 is 0. The molecule has 1 saturated heterocycles. The Balaban J connectivity index is 2.09. The molecule has 2 heteroatoms. The van der Waals surface area contributed by atoms with E-state index in [1.165, 1.54) is 5.56 Å². The Labute approximate surface area is 105 Å². The zero-order chi connectivity index (χ0) is 12.4. The van der Waals surface area contributed by atoms with Crippen LogP contribution in [-0.4, -0.2) is 23.0 Å². The van der Waals surface area contributed by atoms with Crippen LogP contribution in [0.25, 0.3) is 0 Å². The van der Waals surface area contributed by atoms with Gasteiger partial charge in [-0.05, 0) is 31.7 Å². The number of likely N-dealkylation sites (tertiary alicyclic amines) is 1. The van der Waals surface area contributed by atoms with Crippen molar-refractivity contribution in [2.75, 3.05) is 0 Å². The van der Waals surface area contributed by atoms with E-state index in [-0.39, 0.29) is 0 Å². The minimum Gasteiger partial charge on any atom is -0.327 e. The zero-order valence-corrected chi connectivity index (χ0v) is 11.1. The van der Waals surface area contributed by atoms with Crippen LogP contribution in [0, 0.1) is 5.92 Å². The van der Waals surface area contributed by atoms with E-state index in [2.05, 4.69) is 56.0 Å². The maximum atomic E-state index is 6.19. The Hall–Kier alpha value is -0.860. The van der Waals surface area contributed by atoms with Crippen LogP contribution < -0.4 is 5.73 Å². The van der Waals surface area contributed by atoms with Crippen molar-refractivity contribution in [2.24, 2.45) is 11.7 Å². The van der Waals surface area contributed by atoms with Gasteiger partial charge in [0.25, 0.3) is 0 Å². The van der Waals surface area contributed by atoms with Gasteiger partial charge in [0.1, 0.15) is 0 Å². The van der Waals surface area contributed by atoms with E-state index < -0.39 is 0 Å². The van der Waals surface area contributed by atoms with Crippen LogP contribution in [0.5, 0.6) is 0 Å². The highest BCUT2D eigenvalue weighted by molar-refractivity contribution is 5.15. The zero-order valence-electron chi connectivity index (χ0n) is 11.1. The molecule has 2 N–H and O–H groups in total. The number of hydrogen-bond donors (Lipinski definition) is 1. The largest absolute Gasteiger partial charge is 0.327 e. The van der Waals surface area contributed by atoms with Crippen molar-refractivity contribution >= 4 is 0 Å². The molecular weight excluding hydrogens is 208 g/mol. The van der Waals surface area contributed by atoms with Gasteiger partial charge in [0, 0.05) is 24.7 Å². The van der Waals surface area contributed by atoms with E-state index in [0.717, 1.165) is 13.0 Å². The molecule has 0 aliphatic carbocycles. The van der Waals surface area contributed by atoms with Gasteiger partial charge in [-0.3, -0.25) is 4.90 Å². The molecule has 0 saturated carbocycles. The van der Waals surface area contributed by atoms with Gasteiger partial charge in [-0.25, -0.2) is 0 Å². The molecule has 0 radical (unpaired) electrons. The van der Waals surface area contributed by atoms with Crippen molar-refractivity contribution < 1.29 is 0 Å². The van der Waals surface area contributed by atoms with Crippen LogP contribution in [0.15, 0.2) is 30.3 Å². The van der Waals surface area contributed by atoms with Gasteiger partial charge in [0.15, 0.2) is 0 Å². The number of nitrogens with zero attached hydrogens (tertiary/aromatic N) is 1. The summed E-state index contributed by atoms with van der Waals surface area (Å²) in [5.74, 6) is 0.579. The summed E-state index contributed by atoms with van der Waals surface area (Å²) in [6.07, 6.45) is 1.11. The van der Waals surface area contributed by atoms with E-state index in [0.29, 0.717) is 24.0 Å². The van der Waals surface area contributed by atoms with Crippen LogP contribution in [0.1, 0.15) is 32.8 Å². The van der Waals surface area contributed by atoms with Gasteiger partial charge < -0.3 is 5.73 Å². The molecule has 2 nitrogen and oxygen atoms in total.